The van der Waals surface area contributed by atoms with Gasteiger partial charge in [-0.3, -0.25) is 14.9 Å². The largest absolute Gasteiger partial charge is 0.495 e. The monoisotopic (exact) mass is 647 g/mol. The van der Waals surface area contributed by atoms with E-state index in [1.807, 2.05) is 39.0 Å². The highest BCUT2D eigenvalue weighted by atomic mass is 35.5. The molecule has 0 aromatic heterocycles. The Hall–Kier alpha value is -2.96. The van der Waals surface area contributed by atoms with Gasteiger partial charge in [0.2, 0.25) is 5.91 Å². The summed E-state index contributed by atoms with van der Waals surface area (Å²) in [5.74, 6) is -0.733. The van der Waals surface area contributed by atoms with Gasteiger partial charge < -0.3 is 34.3 Å². The molecule has 3 aliphatic heterocycles. The summed E-state index contributed by atoms with van der Waals surface area (Å²) in [6.07, 6.45) is 3.18. The van der Waals surface area contributed by atoms with Gasteiger partial charge in [-0.2, -0.15) is 0 Å². The van der Waals surface area contributed by atoms with Crippen LogP contribution in [0.25, 0.3) is 0 Å². The minimum atomic E-state index is -1.75. The van der Waals surface area contributed by atoms with Gasteiger partial charge in [-0.1, -0.05) is 42.3 Å². The van der Waals surface area contributed by atoms with Crippen LogP contribution in [0.1, 0.15) is 52.5 Å². The molecule has 0 radical (unpaired) electrons. The van der Waals surface area contributed by atoms with Crippen molar-refractivity contribution in [3.05, 3.63) is 46.5 Å². The number of allylic oxidation sites excluding steroid dienone is 3. The van der Waals surface area contributed by atoms with Crippen LogP contribution in [0.2, 0.25) is 5.02 Å². The van der Waals surface area contributed by atoms with Crippen molar-refractivity contribution >= 4 is 35.1 Å². The number of carbonyl (C=O) groups is 3. The number of Topliss-reactive ketones (excluding diaryl/α,β-unsaturated/α-hetero) is 1. The predicted octanol–water partition coefficient (Wildman–Crippen LogP) is 3.94. The molecular weight excluding hydrogens is 602 g/mol. The number of ketones is 1. The van der Waals surface area contributed by atoms with Crippen LogP contribution in [0.5, 0.6) is 5.75 Å². The Morgan fingerprint density at radius 2 is 2.02 bits per heavy atom. The zero-order chi connectivity index (χ0) is 33.3. The first-order valence-corrected chi connectivity index (χ1v) is 15.6. The average molecular weight is 648 g/mol. The van der Waals surface area contributed by atoms with Crippen molar-refractivity contribution in [2.24, 2.45) is 11.8 Å². The lowest BCUT2D eigenvalue weighted by Crippen LogP contribution is -2.63. The van der Waals surface area contributed by atoms with E-state index < -0.39 is 47.7 Å². The second-order valence-corrected chi connectivity index (χ2v) is 13.1. The van der Waals surface area contributed by atoms with Crippen LogP contribution in [0.4, 0.5) is 10.5 Å². The molecular formula is C33H46ClN3O8. The second kappa shape index (κ2) is 13.8. The standard InChI is InChI=1S/C33H46ClN3O8/c1-18-10-9-11-27(43-8)33(41)17-26(44-31(40)36-33)19(2)30-32(4,45-30)22(15-24(38)20(3)35-5)16-28(39)37(6)23-13-21(12-18)14-25(42-7)29(23)34/h9-11,13-14,19-20,22,26-27,30,35,41H,12,15-17H2,1-8H3,(H,36,40)/b11-9+,18-10+/t19-,20+,22+,26+,27-,30+,32-,33+/m1/s1. The van der Waals surface area contributed by atoms with Gasteiger partial charge in [-0.25, -0.2) is 4.79 Å². The van der Waals surface area contributed by atoms with E-state index >= 15 is 0 Å². The number of methoxy groups -OCH3 is 2. The number of halogens is 1. The maximum Gasteiger partial charge on any atom is 0.409 e. The fourth-order valence-electron chi connectivity index (χ4n) is 6.42. The lowest BCUT2D eigenvalue weighted by Gasteiger charge is -2.42. The number of benzene rings is 1. The van der Waals surface area contributed by atoms with Crippen molar-refractivity contribution in [3.63, 3.8) is 0 Å². The minimum absolute atomic E-state index is 0.00577. The quantitative estimate of drug-likeness (QED) is 0.392. The van der Waals surface area contributed by atoms with Crippen LogP contribution in [0, 0.1) is 11.8 Å². The lowest BCUT2D eigenvalue weighted by molar-refractivity contribution is -0.142. The van der Waals surface area contributed by atoms with Crippen LogP contribution in [-0.4, -0.2) is 86.9 Å². The molecule has 12 heteroatoms. The van der Waals surface area contributed by atoms with Gasteiger partial charge in [0, 0.05) is 45.3 Å². The number of aliphatic hydroxyl groups is 1. The average Bonchev–Trinajstić information content (AvgIpc) is 3.69. The summed E-state index contributed by atoms with van der Waals surface area (Å²) in [5.41, 5.74) is -0.285. The first-order chi connectivity index (χ1) is 21.2. The van der Waals surface area contributed by atoms with Crippen molar-refractivity contribution in [1.82, 2.24) is 10.6 Å². The zero-order valence-corrected chi connectivity index (χ0v) is 28.1. The van der Waals surface area contributed by atoms with Gasteiger partial charge in [0.15, 0.2) is 5.72 Å². The molecule has 8 atom stereocenters. The number of amides is 2. The predicted molar refractivity (Wildman–Crippen MR) is 170 cm³/mol. The number of likely N-dealkylation sites (N-methyl/N-ethyl adjacent to an activating group) is 1. The Kier molecular flexibility index (Phi) is 10.7. The van der Waals surface area contributed by atoms with E-state index in [1.54, 1.807) is 33.2 Å². The first-order valence-electron chi connectivity index (χ1n) is 15.3. The summed E-state index contributed by atoms with van der Waals surface area (Å²) in [6.45, 7) is 7.49. The number of rotatable bonds is 6. The molecule has 0 saturated carbocycles. The van der Waals surface area contributed by atoms with Gasteiger partial charge in [-0.15, -0.1) is 0 Å². The fraction of sp³-hybridized carbons (Fsp3) is 0.606. The molecule has 3 aliphatic rings. The maximum absolute atomic E-state index is 13.9. The van der Waals surface area contributed by atoms with Crippen molar-refractivity contribution < 1.29 is 38.4 Å². The third-order valence-electron chi connectivity index (χ3n) is 9.55. The number of nitrogens with one attached hydrogen (secondary N) is 2. The molecule has 4 rings (SSSR count). The molecule has 248 valence electrons. The maximum atomic E-state index is 13.9. The zero-order valence-electron chi connectivity index (χ0n) is 27.3. The smallest absolute Gasteiger partial charge is 0.409 e. The molecule has 3 heterocycles. The highest BCUT2D eigenvalue weighted by Gasteiger charge is 2.63. The van der Waals surface area contributed by atoms with Crippen molar-refractivity contribution in [2.75, 3.05) is 33.2 Å². The van der Waals surface area contributed by atoms with Crippen molar-refractivity contribution in [1.29, 1.82) is 0 Å². The molecule has 11 nitrogen and oxygen atoms in total. The SMILES string of the molecule is CN[C@@H](C)C(=O)C[C@H]1CC(=O)N(C)c2cc(cc(OC)c2Cl)C/C(C)=C/C=C/[C@@H](OC)[C@@]2(O)C[C@H](OC(=O)N2)[C@@H](C)[C@@H]2O[C@]12C. The third-order valence-corrected chi connectivity index (χ3v) is 9.93. The Bertz CT molecular complexity index is 1370. The summed E-state index contributed by atoms with van der Waals surface area (Å²) in [5, 5.41) is 17.5. The molecule has 2 amide bonds. The van der Waals surface area contributed by atoms with Gasteiger partial charge in [0.1, 0.15) is 28.8 Å². The number of anilines is 1. The van der Waals surface area contributed by atoms with Crippen LogP contribution < -0.4 is 20.3 Å². The number of epoxide rings is 1. The van der Waals surface area contributed by atoms with Crippen LogP contribution in [0.3, 0.4) is 0 Å². The number of alkyl carbamates (subject to hydrolysis) is 1. The number of ether oxygens (including phenoxy) is 4. The number of fused-ring (bicyclic) bond motifs is 5. The second-order valence-electron chi connectivity index (χ2n) is 12.7. The highest BCUT2D eigenvalue weighted by molar-refractivity contribution is 6.35. The van der Waals surface area contributed by atoms with E-state index in [1.165, 1.54) is 19.1 Å². The van der Waals surface area contributed by atoms with Gasteiger partial charge >= 0.3 is 6.09 Å². The molecule has 2 fully saturated rings. The highest BCUT2D eigenvalue weighted by Crippen LogP contribution is 2.52. The molecule has 4 bridgehead atoms. The molecule has 0 aliphatic carbocycles. The van der Waals surface area contributed by atoms with E-state index in [9.17, 15) is 19.5 Å². The molecule has 1 aromatic rings. The Morgan fingerprint density at radius 3 is 2.67 bits per heavy atom. The number of nitrogens with zero attached hydrogens (tertiary/aromatic N) is 1. The first kappa shape index (κ1) is 34.9. The van der Waals surface area contributed by atoms with Crippen molar-refractivity contribution in [2.45, 2.75) is 89.1 Å². The molecule has 1 aromatic carbocycles. The Morgan fingerprint density at radius 1 is 1.31 bits per heavy atom. The van der Waals surface area contributed by atoms with E-state index in [4.69, 9.17) is 30.5 Å². The van der Waals surface area contributed by atoms with E-state index in [0.29, 0.717) is 22.9 Å². The topological polar surface area (TPSA) is 139 Å². The molecule has 2 saturated heterocycles. The lowest BCUT2D eigenvalue weighted by atomic mass is 9.78. The van der Waals surface area contributed by atoms with Crippen LogP contribution >= 0.6 is 11.6 Å². The fourth-order valence-corrected chi connectivity index (χ4v) is 6.74. The summed E-state index contributed by atoms with van der Waals surface area (Å²) >= 11 is 6.72. The number of carbonyl (C=O) groups excluding carboxylic acids is 3. The van der Waals surface area contributed by atoms with E-state index in [2.05, 4.69) is 10.6 Å². The summed E-state index contributed by atoms with van der Waals surface area (Å²) in [7, 11) is 6.35. The normalized spacial score (nSPS) is 34.8. The van der Waals surface area contributed by atoms with E-state index in [-0.39, 0.29) is 36.9 Å². The van der Waals surface area contributed by atoms with Crippen LogP contribution in [-0.2, 0) is 30.2 Å². The summed E-state index contributed by atoms with van der Waals surface area (Å²) in [6, 6.07) is 3.27. The number of hydrogen-bond donors (Lipinski definition) is 3. The molecule has 0 unspecified atom stereocenters. The van der Waals surface area contributed by atoms with Gasteiger partial charge in [-0.05, 0) is 51.9 Å². The molecule has 0 spiro atoms. The van der Waals surface area contributed by atoms with E-state index in [0.717, 1.165) is 11.1 Å². The third kappa shape index (κ3) is 7.38. The van der Waals surface area contributed by atoms with Gasteiger partial charge in [0.25, 0.3) is 0 Å². The molecule has 3 N–H and O–H groups in total. The summed E-state index contributed by atoms with van der Waals surface area (Å²) < 4.78 is 23.1. The molecule has 45 heavy (non-hydrogen) atoms. The van der Waals surface area contributed by atoms with Gasteiger partial charge in [0.05, 0.1) is 30.5 Å². The van der Waals surface area contributed by atoms with Crippen LogP contribution in [0.15, 0.2) is 35.9 Å². The Balaban J connectivity index is 1.80. The number of hydrogen-bond acceptors (Lipinski definition) is 9. The van der Waals surface area contributed by atoms with Crippen molar-refractivity contribution in [3.8, 4) is 5.75 Å². The minimum Gasteiger partial charge on any atom is -0.495 e. The Labute approximate surface area is 270 Å². The summed E-state index contributed by atoms with van der Waals surface area (Å²) in [4.78, 5) is 41.3.